The number of nitrogens with zero attached hydrogens (tertiary/aromatic N) is 1. The van der Waals surface area contributed by atoms with Crippen LogP contribution in [0, 0.1) is 5.92 Å². The highest BCUT2D eigenvalue weighted by molar-refractivity contribution is 4.77. The van der Waals surface area contributed by atoms with Crippen LogP contribution in [0.25, 0.3) is 0 Å². The van der Waals surface area contributed by atoms with E-state index in [0.717, 1.165) is 12.5 Å². The van der Waals surface area contributed by atoms with Gasteiger partial charge < -0.3 is 5.32 Å². The van der Waals surface area contributed by atoms with Gasteiger partial charge in [-0.3, -0.25) is 4.90 Å². The van der Waals surface area contributed by atoms with Gasteiger partial charge in [-0.1, -0.05) is 20.8 Å². The summed E-state index contributed by atoms with van der Waals surface area (Å²) in [6.45, 7) is 13.0. The highest BCUT2D eigenvalue weighted by Crippen LogP contribution is 2.17. The van der Waals surface area contributed by atoms with Crippen molar-refractivity contribution in [2.45, 2.75) is 65.5 Å². The monoisotopic (exact) mass is 226 g/mol. The molecule has 2 heteroatoms. The van der Waals surface area contributed by atoms with Crippen LogP contribution in [0.4, 0.5) is 0 Å². The van der Waals surface area contributed by atoms with Crippen LogP contribution in [0.5, 0.6) is 0 Å². The highest BCUT2D eigenvalue weighted by Gasteiger charge is 2.20. The van der Waals surface area contributed by atoms with Crippen LogP contribution in [0.1, 0.15) is 53.4 Å². The van der Waals surface area contributed by atoms with Crippen LogP contribution in [-0.4, -0.2) is 36.6 Å². The van der Waals surface area contributed by atoms with Gasteiger partial charge in [-0.15, -0.1) is 0 Å². The molecule has 0 aromatic carbocycles. The quantitative estimate of drug-likeness (QED) is 0.749. The molecule has 2 unspecified atom stereocenters. The van der Waals surface area contributed by atoms with Gasteiger partial charge >= 0.3 is 0 Å². The van der Waals surface area contributed by atoms with Crippen LogP contribution < -0.4 is 5.32 Å². The predicted molar refractivity (Wildman–Crippen MR) is 71.8 cm³/mol. The average molecular weight is 226 g/mol. The lowest BCUT2D eigenvalue weighted by Gasteiger charge is -2.36. The third-order valence-corrected chi connectivity index (χ3v) is 4.00. The molecule has 1 aliphatic rings. The Morgan fingerprint density at radius 3 is 2.56 bits per heavy atom. The van der Waals surface area contributed by atoms with Crippen molar-refractivity contribution >= 4 is 0 Å². The van der Waals surface area contributed by atoms with Crippen molar-refractivity contribution in [3.63, 3.8) is 0 Å². The molecule has 1 N–H and O–H groups in total. The van der Waals surface area contributed by atoms with Crippen LogP contribution in [0.15, 0.2) is 0 Å². The summed E-state index contributed by atoms with van der Waals surface area (Å²) in [5.41, 5.74) is 0. The molecule has 1 saturated heterocycles. The van der Waals surface area contributed by atoms with Gasteiger partial charge in [-0.05, 0) is 45.1 Å². The Bertz CT molecular complexity index is 178. The first-order valence-corrected chi connectivity index (χ1v) is 7.14. The van der Waals surface area contributed by atoms with E-state index in [2.05, 4.69) is 37.9 Å². The molecular weight excluding hydrogens is 196 g/mol. The fraction of sp³-hybridized carbons (Fsp3) is 1.00. The van der Waals surface area contributed by atoms with Gasteiger partial charge in [0.2, 0.25) is 0 Å². The number of piperidine rings is 1. The lowest BCUT2D eigenvalue weighted by Crippen LogP contribution is -2.46. The first kappa shape index (κ1) is 14.0. The van der Waals surface area contributed by atoms with Crippen molar-refractivity contribution in [2.24, 2.45) is 5.92 Å². The molecule has 16 heavy (non-hydrogen) atoms. The van der Waals surface area contributed by atoms with E-state index in [1.807, 2.05) is 0 Å². The Balaban J connectivity index is 2.25. The van der Waals surface area contributed by atoms with Crippen LogP contribution in [-0.2, 0) is 0 Å². The van der Waals surface area contributed by atoms with E-state index >= 15 is 0 Å². The fourth-order valence-electron chi connectivity index (χ4n) is 2.67. The summed E-state index contributed by atoms with van der Waals surface area (Å²) in [7, 11) is 0. The number of likely N-dealkylation sites (tertiary alicyclic amines) is 1. The zero-order valence-electron chi connectivity index (χ0n) is 11.6. The maximum Gasteiger partial charge on any atom is 0.0192 e. The smallest absolute Gasteiger partial charge is 0.0192 e. The summed E-state index contributed by atoms with van der Waals surface area (Å²) in [4.78, 5) is 2.66. The summed E-state index contributed by atoms with van der Waals surface area (Å²) < 4.78 is 0. The Hall–Kier alpha value is -0.0800. The number of hydrogen-bond acceptors (Lipinski definition) is 2. The molecule has 0 radical (unpaired) electrons. The molecule has 96 valence electrons. The lowest BCUT2D eigenvalue weighted by atomic mass is 9.99. The van der Waals surface area contributed by atoms with Gasteiger partial charge in [0.25, 0.3) is 0 Å². The summed E-state index contributed by atoms with van der Waals surface area (Å²) >= 11 is 0. The minimum Gasteiger partial charge on any atom is -0.312 e. The standard InChI is InChI=1S/C14H30N2/c1-5-14(6-2)15-10-13(4)16-9-7-8-12(3)11-16/h12-15H,5-11H2,1-4H3. The highest BCUT2D eigenvalue weighted by atomic mass is 15.2. The maximum atomic E-state index is 3.69. The zero-order valence-corrected chi connectivity index (χ0v) is 11.6. The van der Waals surface area contributed by atoms with Crippen LogP contribution in [0.2, 0.25) is 0 Å². The van der Waals surface area contributed by atoms with E-state index in [0.29, 0.717) is 12.1 Å². The largest absolute Gasteiger partial charge is 0.312 e. The van der Waals surface area contributed by atoms with E-state index in [1.54, 1.807) is 0 Å². The first-order chi connectivity index (χ1) is 7.67. The lowest BCUT2D eigenvalue weighted by molar-refractivity contribution is 0.134. The molecule has 0 aromatic heterocycles. The van der Waals surface area contributed by atoms with Crippen molar-refractivity contribution in [1.82, 2.24) is 10.2 Å². The SMILES string of the molecule is CCC(CC)NCC(C)N1CCCC(C)C1. The molecule has 1 aliphatic heterocycles. The summed E-state index contributed by atoms with van der Waals surface area (Å²) in [5.74, 6) is 0.893. The third kappa shape index (κ3) is 4.42. The number of nitrogens with one attached hydrogen (secondary N) is 1. The number of hydrogen-bond donors (Lipinski definition) is 1. The molecule has 0 aliphatic carbocycles. The van der Waals surface area contributed by atoms with Crippen LogP contribution in [0.3, 0.4) is 0 Å². The molecule has 1 heterocycles. The molecule has 2 atom stereocenters. The Kier molecular flexibility index (Phi) is 6.37. The van der Waals surface area contributed by atoms with Gasteiger partial charge in [0.15, 0.2) is 0 Å². The van der Waals surface area contributed by atoms with Gasteiger partial charge in [-0.2, -0.15) is 0 Å². The minimum absolute atomic E-state index is 0.698. The van der Waals surface area contributed by atoms with E-state index < -0.39 is 0 Å². The Morgan fingerprint density at radius 2 is 2.00 bits per heavy atom. The molecule has 0 aromatic rings. The van der Waals surface area contributed by atoms with Crippen molar-refractivity contribution in [3.8, 4) is 0 Å². The normalized spacial score (nSPS) is 24.9. The Labute approximate surface area is 102 Å². The van der Waals surface area contributed by atoms with E-state index in [9.17, 15) is 0 Å². The van der Waals surface area contributed by atoms with E-state index in [4.69, 9.17) is 0 Å². The molecule has 0 amide bonds. The van der Waals surface area contributed by atoms with Gasteiger partial charge in [0, 0.05) is 25.2 Å². The summed E-state index contributed by atoms with van der Waals surface area (Å²) in [5, 5.41) is 3.69. The van der Waals surface area contributed by atoms with Crippen molar-refractivity contribution < 1.29 is 0 Å². The summed E-state index contributed by atoms with van der Waals surface area (Å²) in [6, 6.07) is 1.41. The van der Waals surface area contributed by atoms with Crippen molar-refractivity contribution in [1.29, 1.82) is 0 Å². The first-order valence-electron chi connectivity index (χ1n) is 7.14. The molecule has 0 bridgehead atoms. The van der Waals surface area contributed by atoms with Crippen molar-refractivity contribution in [3.05, 3.63) is 0 Å². The molecular formula is C14H30N2. The second-order valence-electron chi connectivity index (χ2n) is 5.51. The second kappa shape index (κ2) is 7.29. The predicted octanol–water partition coefficient (Wildman–Crippen LogP) is 2.89. The molecule has 0 saturated carbocycles. The molecule has 1 fully saturated rings. The van der Waals surface area contributed by atoms with Gasteiger partial charge in [0.1, 0.15) is 0 Å². The third-order valence-electron chi connectivity index (χ3n) is 4.00. The van der Waals surface area contributed by atoms with Crippen molar-refractivity contribution in [2.75, 3.05) is 19.6 Å². The second-order valence-corrected chi connectivity index (χ2v) is 5.51. The minimum atomic E-state index is 0.698. The average Bonchev–Trinajstić information content (AvgIpc) is 2.30. The van der Waals surface area contributed by atoms with Crippen LogP contribution >= 0.6 is 0 Å². The fourth-order valence-corrected chi connectivity index (χ4v) is 2.67. The van der Waals surface area contributed by atoms with Gasteiger partial charge in [0.05, 0.1) is 0 Å². The summed E-state index contributed by atoms with van der Waals surface area (Å²) in [6.07, 6.45) is 5.30. The maximum absolute atomic E-state index is 3.69. The number of rotatable bonds is 6. The van der Waals surface area contributed by atoms with E-state index in [1.165, 1.54) is 38.8 Å². The molecule has 1 rings (SSSR count). The van der Waals surface area contributed by atoms with E-state index in [-0.39, 0.29) is 0 Å². The molecule has 0 spiro atoms. The Morgan fingerprint density at radius 1 is 1.31 bits per heavy atom. The zero-order chi connectivity index (χ0) is 12.0. The van der Waals surface area contributed by atoms with Gasteiger partial charge in [-0.25, -0.2) is 0 Å². The topological polar surface area (TPSA) is 15.3 Å². The molecule has 2 nitrogen and oxygen atoms in total.